The summed E-state index contributed by atoms with van der Waals surface area (Å²) < 4.78 is 50.3. The second-order valence-electron chi connectivity index (χ2n) is 7.25. The first kappa shape index (κ1) is 24.6. The third-order valence-electron chi connectivity index (χ3n) is 4.71. The molecule has 0 fully saturated rings. The number of rotatable bonds is 9. The predicted octanol–water partition coefficient (Wildman–Crippen LogP) is 5.83. The highest BCUT2D eigenvalue weighted by Crippen LogP contribution is 2.36. The van der Waals surface area contributed by atoms with E-state index in [9.17, 15) is 18.0 Å². The number of carbonyl (C=O) groups excluding carboxylic acids is 1. The zero-order valence-electron chi connectivity index (χ0n) is 18.1. The molecule has 1 aromatic heterocycles. The second-order valence-corrected chi connectivity index (χ2v) is 8.42. The van der Waals surface area contributed by atoms with Crippen molar-refractivity contribution in [3.05, 3.63) is 72.1 Å². The first-order chi connectivity index (χ1) is 15.8. The number of thioether (sulfide) groups is 1. The highest BCUT2D eigenvalue weighted by Gasteiger charge is 2.31. The Hall–Kier alpha value is -3.07. The molecule has 33 heavy (non-hydrogen) atoms. The van der Waals surface area contributed by atoms with Crippen molar-refractivity contribution in [1.82, 2.24) is 9.97 Å². The van der Waals surface area contributed by atoms with Crippen molar-refractivity contribution in [2.45, 2.75) is 36.9 Å². The van der Waals surface area contributed by atoms with Gasteiger partial charge in [-0.1, -0.05) is 12.1 Å². The molecule has 1 heterocycles. The molecule has 0 saturated carbocycles. The van der Waals surface area contributed by atoms with Crippen molar-refractivity contribution in [2.24, 2.45) is 0 Å². The fourth-order valence-corrected chi connectivity index (χ4v) is 4.12. The molecule has 0 spiro atoms. The molecule has 2 aromatic carbocycles. The second kappa shape index (κ2) is 11.2. The van der Waals surface area contributed by atoms with Crippen LogP contribution in [0.15, 0.2) is 65.8 Å². The predicted molar refractivity (Wildman–Crippen MR) is 120 cm³/mol. The molecule has 0 radical (unpaired) electrons. The fraction of sp³-hybridized carbons (Fsp3) is 0.292. The molecule has 1 atom stereocenters. The lowest BCUT2D eigenvalue weighted by Crippen LogP contribution is -2.14. The zero-order valence-corrected chi connectivity index (χ0v) is 18.9. The minimum Gasteiger partial charge on any atom is -0.490 e. The highest BCUT2D eigenvalue weighted by atomic mass is 32.2. The number of ether oxygens (including phenoxy) is 2. The molecule has 0 N–H and O–H groups in total. The molecule has 0 aliphatic carbocycles. The number of benzene rings is 2. The largest absolute Gasteiger partial charge is 0.490 e. The topological polar surface area (TPSA) is 61.3 Å². The molecule has 0 aliphatic rings. The van der Waals surface area contributed by atoms with Gasteiger partial charge in [0.2, 0.25) is 0 Å². The van der Waals surface area contributed by atoms with E-state index >= 15 is 0 Å². The number of hydrogen-bond acceptors (Lipinski definition) is 6. The van der Waals surface area contributed by atoms with Crippen LogP contribution < -0.4 is 4.74 Å². The SMILES string of the molecule is COC(=O)Cc1cccc(SCC[C@H](C)Oc2ccc(C(F)(F)F)cc2-c2ncccn2)c1. The standard InChI is InChI=1S/C24H23F3N2O3S/c1-16(9-12-33-19-6-3-5-17(13-19)14-22(30)31-2)32-21-8-7-18(24(25,26)27)15-20(21)23-28-10-4-11-29-23/h3-8,10-11,13,15-16H,9,12,14H2,1-2H3/t16-/m0/s1. The third-order valence-corrected chi connectivity index (χ3v) is 5.74. The van der Waals surface area contributed by atoms with Gasteiger partial charge in [-0.05, 0) is 55.3 Å². The van der Waals surface area contributed by atoms with Gasteiger partial charge in [-0.2, -0.15) is 13.2 Å². The van der Waals surface area contributed by atoms with Crippen LogP contribution in [-0.2, 0) is 22.1 Å². The lowest BCUT2D eigenvalue weighted by Gasteiger charge is -2.18. The lowest BCUT2D eigenvalue weighted by atomic mass is 10.1. The Morgan fingerprint density at radius 3 is 2.55 bits per heavy atom. The third kappa shape index (κ3) is 7.21. The molecule has 3 aromatic rings. The average Bonchev–Trinajstić information content (AvgIpc) is 2.79. The molecule has 0 saturated heterocycles. The maximum absolute atomic E-state index is 13.2. The minimum absolute atomic E-state index is 0.169. The van der Waals surface area contributed by atoms with E-state index in [1.54, 1.807) is 17.8 Å². The number of carbonyl (C=O) groups is 1. The Morgan fingerprint density at radius 2 is 1.85 bits per heavy atom. The number of methoxy groups -OCH3 is 1. The summed E-state index contributed by atoms with van der Waals surface area (Å²) in [7, 11) is 1.36. The molecule has 0 bridgehead atoms. The summed E-state index contributed by atoms with van der Waals surface area (Å²) in [5.41, 5.74) is 0.279. The van der Waals surface area contributed by atoms with Crippen LogP contribution in [0.1, 0.15) is 24.5 Å². The van der Waals surface area contributed by atoms with E-state index in [2.05, 4.69) is 9.97 Å². The minimum atomic E-state index is -4.48. The summed E-state index contributed by atoms with van der Waals surface area (Å²) >= 11 is 1.61. The van der Waals surface area contributed by atoms with Crippen LogP contribution in [0.3, 0.4) is 0 Å². The molecule has 3 rings (SSSR count). The lowest BCUT2D eigenvalue weighted by molar-refractivity contribution is -0.140. The monoisotopic (exact) mass is 476 g/mol. The maximum Gasteiger partial charge on any atom is 0.416 e. The first-order valence-corrected chi connectivity index (χ1v) is 11.2. The summed E-state index contributed by atoms with van der Waals surface area (Å²) in [6, 6.07) is 12.6. The number of halogens is 3. The van der Waals surface area contributed by atoms with E-state index in [1.807, 2.05) is 31.2 Å². The summed E-state index contributed by atoms with van der Waals surface area (Å²) in [5, 5.41) is 0. The summed E-state index contributed by atoms with van der Waals surface area (Å²) in [5.74, 6) is 0.893. The van der Waals surface area contributed by atoms with Gasteiger partial charge in [0, 0.05) is 23.0 Å². The normalized spacial score (nSPS) is 12.3. The van der Waals surface area contributed by atoms with Gasteiger partial charge >= 0.3 is 12.1 Å². The van der Waals surface area contributed by atoms with Crippen LogP contribution in [-0.4, -0.2) is 34.9 Å². The first-order valence-electron chi connectivity index (χ1n) is 10.2. The summed E-state index contributed by atoms with van der Waals surface area (Å²) in [4.78, 5) is 20.6. The van der Waals surface area contributed by atoms with Gasteiger partial charge in [-0.25, -0.2) is 9.97 Å². The molecule has 174 valence electrons. The van der Waals surface area contributed by atoms with Crippen LogP contribution in [0, 0.1) is 0 Å². The maximum atomic E-state index is 13.2. The molecule has 5 nitrogen and oxygen atoms in total. The average molecular weight is 477 g/mol. The number of aromatic nitrogens is 2. The van der Waals surface area contributed by atoms with Crippen molar-refractivity contribution in [3.8, 4) is 17.1 Å². The van der Waals surface area contributed by atoms with Crippen LogP contribution >= 0.6 is 11.8 Å². The van der Waals surface area contributed by atoms with E-state index in [0.717, 1.165) is 28.3 Å². The van der Waals surface area contributed by atoms with E-state index in [0.29, 0.717) is 12.2 Å². The van der Waals surface area contributed by atoms with Crippen molar-refractivity contribution >= 4 is 17.7 Å². The van der Waals surface area contributed by atoms with Gasteiger partial charge in [0.1, 0.15) is 5.75 Å². The molecular formula is C24H23F3N2O3S. The Bertz CT molecular complexity index is 1080. The van der Waals surface area contributed by atoms with Crippen LogP contribution in [0.25, 0.3) is 11.4 Å². The van der Waals surface area contributed by atoms with Crippen LogP contribution in [0.4, 0.5) is 13.2 Å². The van der Waals surface area contributed by atoms with E-state index in [4.69, 9.17) is 9.47 Å². The number of esters is 1. The Morgan fingerprint density at radius 1 is 1.09 bits per heavy atom. The smallest absolute Gasteiger partial charge is 0.416 e. The van der Waals surface area contributed by atoms with Crippen molar-refractivity contribution < 1.29 is 27.4 Å². The van der Waals surface area contributed by atoms with E-state index in [-0.39, 0.29) is 29.9 Å². The van der Waals surface area contributed by atoms with Crippen LogP contribution in [0.5, 0.6) is 5.75 Å². The number of alkyl halides is 3. The number of nitrogens with zero attached hydrogens (tertiary/aromatic N) is 2. The van der Waals surface area contributed by atoms with Crippen molar-refractivity contribution in [1.29, 1.82) is 0 Å². The summed E-state index contributed by atoms with van der Waals surface area (Å²) in [6.45, 7) is 1.86. The van der Waals surface area contributed by atoms with E-state index in [1.165, 1.54) is 25.6 Å². The van der Waals surface area contributed by atoms with E-state index < -0.39 is 11.7 Å². The van der Waals surface area contributed by atoms with Gasteiger partial charge in [-0.15, -0.1) is 11.8 Å². The molecule has 0 aliphatic heterocycles. The van der Waals surface area contributed by atoms with Gasteiger partial charge in [0.25, 0.3) is 0 Å². The number of hydrogen-bond donors (Lipinski definition) is 0. The quantitative estimate of drug-likeness (QED) is 0.286. The summed E-state index contributed by atoms with van der Waals surface area (Å²) in [6.07, 6.45) is -0.922. The Kier molecular flexibility index (Phi) is 8.32. The molecule has 9 heteroatoms. The fourth-order valence-electron chi connectivity index (χ4n) is 3.02. The highest BCUT2D eigenvalue weighted by molar-refractivity contribution is 7.99. The Balaban J connectivity index is 1.65. The molecule has 0 unspecified atom stereocenters. The van der Waals surface area contributed by atoms with Gasteiger partial charge in [0.05, 0.1) is 30.8 Å². The van der Waals surface area contributed by atoms with Gasteiger partial charge in [-0.3, -0.25) is 4.79 Å². The zero-order chi connectivity index (χ0) is 23.8. The molecule has 0 amide bonds. The van der Waals surface area contributed by atoms with Gasteiger partial charge < -0.3 is 9.47 Å². The van der Waals surface area contributed by atoms with Crippen LogP contribution in [0.2, 0.25) is 0 Å². The van der Waals surface area contributed by atoms with Crippen molar-refractivity contribution in [3.63, 3.8) is 0 Å². The Labute approximate surface area is 194 Å². The molecular weight excluding hydrogens is 453 g/mol. The van der Waals surface area contributed by atoms with Crippen molar-refractivity contribution in [2.75, 3.05) is 12.9 Å². The van der Waals surface area contributed by atoms with Gasteiger partial charge in [0.15, 0.2) is 5.82 Å².